The van der Waals surface area contributed by atoms with Crippen LogP contribution in [0, 0.1) is 4.91 Å². The molecule has 0 spiro atoms. The van der Waals surface area contributed by atoms with Crippen molar-refractivity contribution in [1.29, 1.82) is 0 Å². The largest absolute Gasteiger partial charge is 0.330 e. The summed E-state index contributed by atoms with van der Waals surface area (Å²) < 4.78 is 0. The van der Waals surface area contributed by atoms with Crippen molar-refractivity contribution in [1.82, 2.24) is 4.98 Å². The molecule has 1 aromatic rings. The number of hydrogen-bond acceptors (Lipinski definition) is 4. The lowest BCUT2D eigenvalue weighted by Crippen LogP contribution is -2.10. The zero-order chi connectivity index (χ0) is 12.8. The molecule has 0 fully saturated rings. The Morgan fingerprint density at radius 1 is 1.59 bits per heavy atom. The van der Waals surface area contributed by atoms with Crippen molar-refractivity contribution in [3.8, 4) is 0 Å². The Morgan fingerprint density at radius 2 is 2.29 bits per heavy atom. The monoisotopic (exact) mass is 233 g/mol. The van der Waals surface area contributed by atoms with Crippen LogP contribution in [0.4, 0.5) is 0 Å². The molecule has 0 radical (unpaired) electrons. The lowest BCUT2D eigenvalue weighted by atomic mass is 10.0. The van der Waals surface area contributed by atoms with Gasteiger partial charge < -0.3 is 10.7 Å². The number of aromatic amines is 1. The molecule has 0 aliphatic rings. The predicted molar refractivity (Wildman–Crippen MR) is 69.2 cm³/mol. The van der Waals surface area contributed by atoms with E-state index in [0.29, 0.717) is 24.2 Å². The molecule has 3 N–H and O–H groups in total. The minimum atomic E-state index is -0.285. The van der Waals surface area contributed by atoms with Crippen LogP contribution in [-0.2, 0) is 0 Å². The maximum Gasteiger partial charge on any atom is 0.248 e. The maximum atomic E-state index is 11.3. The third-order valence-electron chi connectivity index (χ3n) is 2.37. The second-order valence-corrected chi connectivity index (χ2v) is 3.52. The highest BCUT2D eigenvalue weighted by molar-refractivity contribution is 5.76. The summed E-state index contributed by atoms with van der Waals surface area (Å²) in [5.74, 6) is 0. The highest BCUT2D eigenvalue weighted by Crippen LogP contribution is 2.23. The van der Waals surface area contributed by atoms with E-state index >= 15 is 0 Å². The standard InChI is InChI=1S/C12H15N3O2/c1-3-10(15-17)12-9(8(2)6-7-13)4-5-11(16)14-12/h3-5H,2,6-7,13H2,1H3,(H,14,16)/b10-3+. The molecule has 0 saturated heterocycles. The number of pyridine rings is 1. The van der Waals surface area contributed by atoms with Crippen molar-refractivity contribution in [3.63, 3.8) is 0 Å². The third-order valence-corrected chi connectivity index (χ3v) is 2.37. The molecule has 0 saturated carbocycles. The van der Waals surface area contributed by atoms with Gasteiger partial charge in [0, 0.05) is 11.6 Å². The molecule has 5 heteroatoms. The molecule has 90 valence electrons. The van der Waals surface area contributed by atoms with Gasteiger partial charge in [0.05, 0.1) is 5.69 Å². The van der Waals surface area contributed by atoms with E-state index in [2.05, 4.69) is 16.7 Å². The average Bonchev–Trinajstić information content (AvgIpc) is 2.31. The smallest absolute Gasteiger partial charge is 0.248 e. The van der Waals surface area contributed by atoms with Crippen molar-refractivity contribution in [3.05, 3.63) is 51.3 Å². The number of rotatable bonds is 5. The van der Waals surface area contributed by atoms with Gasteiger partial charge in [0.2, 0.25) is 5.56 Å². The first-order chi connectivity index (χ1) is 8.13. The molecule has 0 unspecified atom stereocenters. The number of nitrogens with two attached hydrogens (primary N) is 1. The summed E-state index contributed by atoms with van der Waals surface area (Å²) in [6.45, 7) is 6.02. The van der Waals surface area contributed by atoms with Crippen LogP contribution in [0.15, 0.2) is 34.8 Å². The topological polar surface area (TPSA) is 88.3 Å². The van der Waals surface area contributed by atoms with E-state index in [1.807, 2.05) is 0 Å². The van der Waals surface area contributed by atoms with E-state index < -0.39 is 0 Å². The van der Waals surface area contributed by atoms with Crippen LogP contribution in [0.3, 0.4) is 0 Å². The van der Waals surface area contributed by atoms with Gasteiger partial charge in [-0.15, -0.1) is 4.91 Å². The van der Waals surface area contributed by atoms with Crippen LogP contribution in [0.1, 0.15) is 24.6 Å². The van der Waals surface area contributed by atoms with E-state index in [1.165, 1.54) is 12.1 Å². The summed E-state index contributed by atoms with van der Waals surface area (Å²) in [4.78, 5) is 24.6. The van der Waals surface area contributed by atoms with Crippen molar-refractivity contribution >= 4 is 11.3 Å². The Bertz CT molecular complexity index is 515. The minimum absolute atomic E-state index is 0.191. The molecular formula is C12H15N3O2. The van der Waals surface area contributed by atoms with E-state index in [-0.39, 0.29) is 11.3 Å². The first kappa shape index (κ1) is 13.1. The quantitative estimate of drug-likeness (QED) is 0.761. The van der Waals surface area contributed by atoms with Crippen LogP contribution in [0.2, 0.25) is 0 Å². The van der Waals surface area contributed by atoms with Gasteiger partial charge in [-0.25, -0.2) is 0 Å². The van der Waals surface area contributed by atoms with Crippen molar-refractivity contribution < 1.29 is 0 Å². The van der Waals surface area contributed by atoms with Crippen molar-refractivity contribution in [2.75, 3.05) is 6.54 Å². The zero-order valence-electron chi connectivity index (χ0n) is 9.69. The number of nitrogens with zero attached hydrogens (tertiary/aromatic N) is 1. The highest BCUT2D eigenvalue weighted by Gasteiger charge is 2.11. The van der Waals surface area contributed by atoms with Crippen molar-refractivity contribution in [2.45, 2.75) is 13.3 Å². The maximum absolute atomic E-state index is 11.3. The molecule has 1 heterocycles. The van der Waals surface area contributed by atoms with Crippen molar-refractivity contribution in [2.24, 2.45) is 10.9 Å². The molecular weight excluding hydrogens is 218 g/mol. The van der Waals surface area contributed by atoms with Crippen LogP contribution in [-0.4, -0.2) is 11.5 Å². The molecule has 0 atom stereocenters. The van der Waals surface area contributed by atoms with Gasteiger partial charge in [0.1, 0.15) is 5.70 Å². The molecule has 0 aliphatic carbocycles. The molecule has 0 amide bonds. The van der Waals surface area contributed by atoms with Gasteiger partial charge in [-0.1, -0.05) is 12.7 Å². The summed E-state index contributed by atoms with van der Waals surface area (Å²) in [7, 11) is 0. The molecule has 1 rings (SSSR count). The van der Waals surface area contributed by atoms with E-state index in [0.717, 1.165) is 5.57 Å². The fourth-order valence-corrected chi connectivity index (χ4v) is 1.52. The minimum Gasteiger partial charge on any atom is -0.330 e. The van der Waals surface area contributed by atoms with Crippen LogP contribution in [0.25, 0.3) is 11.3 Å². The van der Waals surface area contributed by atoms with Gasteiger partial charge >= 0.3 is 0 Å². The average molecular weight is 233 g/mol. The molecule has 0 aromatic carbocycles. The normalized spacial score (nSPS) is 11.3. The summed E-state index contributed by atoms with van der Waals surface area (Å²) in [6.07, 6.45) is 2.13. The van der Waals surface area contributed by atoms with Gasteiger partial charge in [-0.2, -0.15) is 0 Å². The van der Waals surface area contributed by atoms with Gasteiger partial charge in [0.15, 0.2) is 0 Å². The molecule has 0 aliphatic heterocycles. The van der Waals surface area contributed by atoms with Gasteiger partial charge in [-0.3, -0.25) is 4.79 Å². The molecule has 1 aromatic heterocycles. The summed E-state index contributed by atoms with van der Waals surface area (Å²) >= 11 is 0. The van der Waals surface area contributed by atoms with Crippen LogP contribution < -0.4 is 11.3 Å². The SMILES string of the molecule is C=C(CCN)c1ccc(=O)[nH]c1/C(=C\C)N=O. The number of aromatic nitrogens is 1. The Labute approximate surface area is 99.0 Å². The van der Waals surface area contributed by atoms with E-state index in [1.54, 1.807) is 13.0 Å². The number of allylic oxidation sites excluding steroid dienone is 1. The molecule has 5 nitrogen and oxygen atoms in total. The number of nitrogens with one attached hydrogen (secondary N) is 1. The zero-order valence-corrected chi connectivity index (χ0v) is 9.69. The highest BCUT2D eigenvalue weighted by atomic mass is 16.3. The third kappa shape index (κ3) is 2.98. The first-order valence-corrected chi connectivity index (χ1v) is 5.25. The van der Waals surface area contributed by atoms with Gasteiger partial charge in [-0.05, 0) is 36.7 Å². The second-order valence-electron chi connectivity index (χ2n) is 3.52. The lowest BCUT2D eigenvalue weighted by Gasteiger charge is -2.09. The Balaban J connectivity index is 3.35. The number of hydrogen-bond donors (Lipinski definition) is 2. The number of H-pyrrole nitrogens is 1. The van der Waals surface area contributed by atoms with E-state index in [9.17, 15) is 9.70 Å². The molecule has 0 bridgehead atoms. The first-order valence-electron chi connectivity index (χ1n) is 5.25. The summed E-state index contributed by atoms with van der Waals surface area (Å²) in [6, 6.07) is 3.01. The summed E-state index contributed by atoms with van der Waals surface area (Å²) in [5.41, 5.74) is 7.22. The fourth-order valence-electron chi connectivity index (χ4n) is 1.52. The Morgan fingerprint density at radius 3 is 2.82 bits per heavy atom. The van der Waals surface area contributed by atoms with Crippen LogP contribution >= 0.6 is 0 Å². The lowest BCUT2D eigenvalue weighted by molar-refractivity contribution is 1.02. The van der Waals surface area contributed by atoms with E-state index in [4.69, 9.17) is 5.73 Å². The van der Waals surface area contributed by atoms with Crippen LogP contribution in [0.5, 0.6) is 0 Å². The Kier molecular flexibility index (Phi) is 4.54. The number of nitroso groups, excluding NO2 is 1. The fraction of sp³-hybridized carbons (Fsp3) is 0.250. The second kappa shape index (κ2) is 5.91. The molecule has 17 heavy (non-hydrogen) atoms. The van der Waals surface area contributed by atoms with Gasteiger partial charge in [0.25, 0.3) is 0 Å². The Hall–Kier alpha value is -2.01. The summed E-state index contributed by atoms with van der Waals surface area (Å²) in [5, 5.41) is 2.89. The predicted octanol–water partition coefficient (Wildman–Crippen LogP) is 1.86.